The maximum atomic E-state index is 13.2. The van der Waals surface area contributed by atoms with E-state index in [1.165, 1.54) is 36.9 Å². The van der Waals surface area contributed by atoms with Crippen molar-refractivity contribution >= 4 is 23.5 Å². The first-order valence-electron chi connectivity index (χ1n) is 11.7. The van der Waals surface area contributed by atoms with Crippen molar-refractivity contribution in [1.82, 2.24) is 15.1 Å². The number of primary amides is 1. The number of halogens is 1. The quantitative estimate of drug-likeness (QED) is 0.583. The van der Waals surface area contributed by atoms with Gasteiger partial charge in [-0.3, -0.25) is 9.48 Å². The Kier molecular flexibility index (Phi) is 7.30. The van der Waals surface area contributed by atoms with Crippen molar-refractivity contribution in [3.05, 3.63) is 41.8 Å². The van der Waals surface area contributed by atoms with Gasteiger partial charge in [-0.1, -0.05) is 19.3 Å². The molecule has 0 bridgehead atoms. The van der Waals surface area contributed by atoms with E-state index in [9.17, 15) is 19.2 Å². The molecule has 9 nitrogen and oxygen atoms in total. The van der Waals surface area contributed by atoms with E-state index >= 15 is 0 Å². The fourth-order valence-corrected chi connectivity index (χ4v) is 4.78. The minimum absolute atomic E-state index is 0.160. The van der Waals surface area contributed by atoms with Gasteiger partial charge in [-0.05, 0) is 49.9 Å². The number of nitrogens with one attached hydrogen (secondary N) is 2. The predicted molar refractivity (Wildman–Crippen MR) is 123 cm³/mol. The number of hydrogen-bond acceptors (Lipinski definition) is 6. The highest BCUT2D eigenvalue weighted by Crippen LogP contribution is 2.36. The first kappa shape index (κ1) is 23.5. The van der Waals surface area contributed by atoms with Crippen molar-refractivity contribution in [3.63, 3.8) is 0 Å². The number of carbonyl (C=O) groups excluding carboxylic acids is 2. The Morgan fingerprint density at radius 2 is 1.88 bits per heavy atom. The minimum Gasteiger partial charge on any atom is -0.446 e. The summed E-state index contributed by atoms with van der Waals surface area (Å²) < 4.78 is 20.4. The van der Waals surface area contributed by atoms with Crippen molar-refractivity contribution < 1.29 is 18.7 Å². The molecule has 1 aromatic heterocycles. The molecule has 0 aliphatic heterocycles. The van der Waals surface area contributed by atoms with Crippen molar-refractivity contribution in [2.75, 3.05) is 5.32 Å². The van der Waals surface area contributed by atoms with E-state index in [-0.39, 0.29) is 35.4 Å². The number of nitriles is 1. The molecule has 4 N–H and O–H groups in total. The van der Waals surface area contributed by atoms with Gasteiger partial charge in [0.05, 0.1) is 18.0 Å². The number of carbonyl (C=O) groups is 2. The zero-order valence-corrected chi connectivity index (χ0v) is 18.9. The fourth-order valence-electron chi connectivity index (χ4n) is 4.78. The summed E-state index contributed by atoms with van der Waals surface area (Å²) in [7, 11) is 0. The molecule has 0 radical (unpaired) electrons. The minimum atomic E-state index is -0.666. The molecule has 180 valence electrons. The van der Waals surface area contributed by atoms with Crippen molar-refractivity contribution in [2.24, 2.45) is 11.7 Å². The summed E-state index contributed by atoms with van der Waals surface area (Å²) in [6, 6.07) is 7.80. The molecule has 0 saturated heterocycles. The highest BCUT2D eigenvalue weighted by atomic mass is 19.1. The average Bonchev–Trinajstić information content (AvgIpc) is 3.25. The molecule has 2 aromatic rings. The van der Waals surface area contributed by atoms with Crippen molar-refractivity contribution in [3.8, 4) is 6.07 Å². The van der Waals surface area contributed by atoms with Gasteiger partial charge in [0.25, 0.3) is 5.91 Å². The molecule has 34 heavy (non-hydrogen) atoms. The fraction of sp³-hybridized carbons (Fsp3) is 0.500. The number of rotatable bonds is 6. The van der Waals surface area contributed by atoms with E-state index < -0.39 is 17.9 Å². The van der Waals surface area contributed by atoms with Crippen LogP contribution in [0, 0.1) is 23.1 Å². The maximum absolute atomic E-state index is 13.2. The molecule has 2 amide bonds. The van der Waals surface area contributed by atoms with E-state index in [0.29, 0.717) is 24.9 Å². The van der Waals surface area contributed by atoms with Gasteiger partial charge in [0, 0.05) is 24.3 Å². The highest BCUT2D eigenvalue weighted by Gasteiger charge is 2.35. The van der Waals surface area contributed by atoms with E-state index in [2.05, 4.69) is 21.8 Å². The third-order valence-electron chi connectivity index (χ3n) is 6.58. The summed E-state index contributed by atoms with van der Waals surface area (Å²) in [5, 5.41) is 20.2. The second-order valence-electron chi connectivity index (χ2n) is 8.99. The van der Waals surface area contributed by atoms with Crippen molar-refractivity contribution in [1.29, 1.82) is 5.26 Å². The molecule has 2 aliphatic rings. The van der Waals surface area contributed by atoms with E-state index in [0.717, 1.165) is 25.7 Å². The number of hydrogen-bond donors (Lipinski definition) is 3. The molecular formula is C24H29FN6O3. The summed E-state index contributed by atoms with van der Waals surface area (Å²) >= 11 is 0. The molecule has 0 spiro atoms. The standard InChI is InChI=1S/C24H29FN6O3/c25-16-6-8-18(9-7-16)28-23-20(22(27)32)14-31(30-23)21-11-10-19(12-15(21)13-26)34-24(33)29-17-4-2-1-3-5-17/h6-9,14-15,17,19,21H,1-5,10-12H2,(H2,27,32)(H,28,30)(H,29,33). The van der Waals surface area contributed by atoms with Crippen LogP contribution in [-0.4, -0.2) is 33.9 Å². The summed E-state index contributed by atoms with van der Waals surface area (Å²) in [5.41, 5.74) is 6.25. The van der Waals surface area contributed by atoms with Crippen LogP contribution in [0.2, 0.25) is 0 Å². The molecule has 2 saturated carbocycles. The Balaban J connectivity index is 1.42. The topological polar surface area (TPSA) is 135 Å². The molecule has 2 fully saturated rings. The Morgan fingerprint density at radius 3 is 2.56 bits per heavy atom. The van der Waals surface area contributed by atoms with Crippen LogP contribution in [-0.2, 0) is 4.74 Å². The first-order valence-corrected chi connectivity index (χ1v) is 11.7. The number of amides is 2. The molecule has 4 rings (SSSR count). The number of nitrogens with zero attached hydrogens (tertiary/aromatic N) is 3. The van der Waals surface area contributed by atoms with Gasteiger partial charge in [-0.15, -0.1) is 0 Å². The number of alkyl carbamates (subject to hydrolysis) is 1. The Morgan fingerprint density at radius 1 is 1.15 bits per heavy atom. The molecule has 1 aromatic carbocycles. The van der Waals surface area contributed by atoms with Gasteiger partial charge < -0.3 is 21.1 Å². The number of benzene rings is 1. The van der Waals surface area contributed by atoms with Gasteiger partial charge in [-0.2, -0.15) is 10.4 Å². The smallest absolute Gasteiger partial charge is 0.407 e. The number of ether oxygens (including phenoxy) is 1. The average molecular weight is 469 g/mol. The van der Waals surface area contributed by atoms with E-state index in [1.807, 2.05) is 0 Å². The van der Waals surface area contributed by atoms with Gasteiger partial charge in [-0.25, -0.2) is 9.18 Å². The summed E-state index contributed by atoms with van der Waals surface area (Å²) in [4.78, 5) is 24.3. The van der Waals surface area contributed by atoms with Gasteiger partial charge in [0.1, 0.15) is 17.5 Å². The molecule has 2 aliphatic carbocycles. The Hall–Kier alpha value is -3.61. The molecule has 1 heterocycles. The van der Waals surface area contributed by atoms with Crippen LogP contribution in [0.5, 0.6) is 0 Å². The molecular weight excluding hydrogens is 439 g/mol. The second-order valence-corrected chi connectivity index (χ2v) is 8.99. The second kappa shape index (κ2) is 10.5. The normalized spacial score (nSPS) is 23.0. The number of nitrogens with two attached hydrogens (primary N) is 1. The lowest BCUT2D eigenvalue weighted by Gasteiger charge is -2.32. The molecule has 10 heteroatoms. The Labute approximate surface area is 197 Å². The largest absolute Gasteiger partial charge is 0.446 e. The lowest BCUT2D eigenvalue weighted by molar-refractivity contribution is 0.0488. The summed E-state index contributed by atoms with van der Waals surface area (Å²) in [5.74, 6) is -1.27. The zero-order valence-electron chi connectivity index (χ0n) is 18.9. The molecule has 3 unspecified atom stereocenters. The lowest BCUT2D eigenvalue weighted by atomic mass is 9.83. The third-order valence-corrected chi connectivity index (χ3v) is 6.58. The van der Waals surface area contributed by atoms with Crippen LogP contribution in [0.15, 0.2) is 30.5 Å². The number of aromatic nitrogens is 2. The van der Waals surface area contributed by atoms with Crippen molar-refractivity contribution in [2.45, 2.75) is 69.6 Å². The van der Waals surface area contributed by atoms with Crippen LogP contribution < -0.4 is 16.4 Å². The SMILES string of the molecule is N#CC1CC(OC(=O)NC2CCCCC2)CCC1n1cc(C(N)=O)c(Nc2ccc(F)cc2)n1. The first-order chi connectivity index (χ1) is 16.4. The van der Waals surface area contributed by atoms with Gasteiger partial charge >= 0.3 is 6.09 Å². The molecule has 3 atom stereocenters. The van der Waals surface area contributed by atoms with Crippen LogP contribution in [0.1, 0.15) is 67.8 Å². The van der Waals surface area contributed by atoms with Crippen LogP contribution in [0.3, 0.4) is 0 Å². The van der Waals surface area contributed by atoms with Crippen LogP contribution in [0.4, 0.5) is 20.7 Å². The van der Waals surface area contributed by atoms with Crippen LogP contribution in [0.25, 0.3) is 0 Å². The zero-order chi connectivity index (χ0) is 24.1. The predicted octanol–water partition coefficient (Wildman–Crippen LogP) is 4.16. The summed E-state index contributed by atoms with van der Waals surface area (Å²) in [6.45, 7) is 0. The van der Waals surface area contributed by atoms with E-state index in [1.54, 1.807) is 4.68 Å². The monoisotopic (exact) mass is 468 g/mol. The van der Waals surface area contributed by atoms with Crippen LogP contribution >= 0.6 is 0 Å². The Bertz CT molecular complexity index is 1060. The summed E-state index contributed by atoms with van der Waals surface area (Å²) in [6.07, 6.45) is 7.63. The lowest BCUT2D eigenvalue weighted by Crippen LogP contribution is -2.40. The van der Waals surface area contributed by atoms with Gasteiger partial charge in [0.15, 0.2) is 5.82 Å². The maximum Gasteiger partial charge on any atom is 0.407 e. The number of anilines is 2. The van der Waals surface area contributed by atoms with Gasteiger partial charge in [0.2, 0.25) is 0 Å². The van der Waals surface area contributed by atoms with E-state index in [4.69, 9.17) is 10.5 Å². The highest BCUT2D eigenvalue weighted by molar-refractivity contribution is 5.98. The third kappa shape index (κ3) is 5.65.